The molecule has 1 saturated heterocycles. The Kier molecular flexibility index (Phi) is 8.08. The standard InChI is InChI=1S/C27H30N2O3S2/c1-21-7-9-23(10-8-21)20-34(31,32)29-17-15-24(16-18-29)27(30)28-25-13-11-22(12-14-25)19-33-26-5-3-2-4-6-26/h2-14,24H,15-20H2,1H3,(H,28,30). The number of nitrogens with zero attached hydrogens (tertiary/aromatic N) is 1. The van der Waals surface area contributed by atoms with Crippen LogP contribution in [-0.4, -0.2) is 31.7 Å². The van der Waals surface area contributed by atoms with Crippen LogP contribution in [0.2, 0.25) is 0 Å². The molecule has 1 amide bonds. The highest BCUT2D eigenvalue weighted by Gasteiger charge is 2.31. The summed E-state index contributed by atoms with van der Waals surface area (Å²) in [7, 11) is -3.39. The Morgan fingerprint density at radius 1 is 0.912 bits per heavy atom. The van der Waals surface area contributed by atoms with Gasteiger partial charge in [0.1, 0.15) is 0 Å². The number of nitrogens with one attached hydrogen (secondary N) is 1. The highest BCUT2D eigenvalue weighted by atomic mass is 32.2. The molecule has 0 saturated carbocycles. The second kappa shape index (κ2) is 11.2. The molecular weight excluding hydrogens is 464 g/mol. The number of carbonyl (C=O) groups is 1. The minimum Gasteiger partial charge on any atom is -0.326 e. The van der Waals surface area contributed by atoms with Crippen LogP contribution >= 0.6 is 11.8 Å². The van der Waals surface area contributed by atoms with Crippen molar-refractivity contribution in [1.82, 2.24) is 4.31 Å². The molecule has 0 radical (unpaired) electrons. The Labute approximate surface area is 206 Å². The minimum atomic E-state index is -3.39. The summed E-state index contributed by atoms with van der Waals surface area (Å²) >= 11 is 1.78. The van der Waals surface area contributed by atoms with Crippen molar-refractivity contribution in [3.05, 3.63) is 95.6 Å². The summed E-state index contributed by atoms with van der Waals surface area (Å²) < 4.78 is 27.1. The van der Waals surface area contributed by atoms with Gasteiger partial charge in [0.05, 0.1) is 5.75 Å². The van der Waals surface area contributed by atoms with Gasteiger partial charge >= 0.3 is 0 Å². The lowest BCUT2D eigenvalue weighted by molar-refractivity contribution is -0.120. The van der Waals surface area contributed by atoms with Crippen molar-refractivity contribution in [2.24, 2.45) is 5.92 Å². The second-order valence-corrected chi connectivity index (χ2v) is 11.7. The number of amides is 1. The van der Waals surface area contributed by atoms with E-state index in [2.05, 4.69) is 17.4 Å². The summed E-state index contributed by atoms with van der Waals surface area (Å²) in [5.41, 5.74) is 3.86. The molecule has 0 atom stereocenters. The van der Waals surface area contributed by atoms with Crippen molar-refractivity contribution in [3.8, 4) is 0 Å². The molecule has 0 spiro atoms. The number of rotatable bonds is 8. The molecule has 0 aromatic heterocycles. The number of thioether (sulfide) groups is 1. The molecule has 1 aliphatic rings. The van der Waals surface area contributed by atoms with Crippen LogP contribution in [0.5, 0.6) is 0 Å². The molecule has 5 nitrogen and oxygen atoms in total. The van der Waals surface area contributed by atoms with Crippen molar-refractivity contribution in [1.29, 1.82) is 0 Å². The van der Waals surface area contributed by atoms with E-state index in [1.807, 2.05) is 73.7 Å². The molecule has 178 valence electrons. The van der Waals surface area contributed by atoms with E-state index in [4.69, 9.17) is 0 Å². The van der Waals surface area contributed by atoms with Gasteiger partial charge in [-0.3, -0.25) is 4.79 Å². The van der Waals surface area contributed by atoms with Gasteiger partial charge in [0, 0.05) is 35.3 Å². The first kappa shape index (κ1) is 24.5. The predicted molar refractivity (Wildman–Crippen MR) is 139 cm³/mol. The molecule has 34 heavy (non-hydrogen) atoms. The summed E-state index contributed by atoms with van der Waals surface area (Å²) in [5.74, 6) is 0.647. The zero-order valence-corrected chi connectivity index (χ0v) is 20.9. The Bertz CT molecular complexity index is 1190. The van der Waals surface area contributed by atoms with Crippen LogP contribution in [0.1, 0.15) is 29.5 Å². The van der Waals surface area contributed by atoms with Crippen LogP contribution in [0.15, 0.2) is 83.8 Å². The maximum Gasteiger partial charge on any atom is 0.227 e. The lowest BCUT2D eigenvalue weighted by atomic mass is 9.97. The van der Waals surface area contributed by atoms with E-state index in [1.165, 1.54) is 14.8 Å². The van der Waals surface area contributed by atoms with Gasteiger partial charge < -0.3 is 5.32 Å². The van der Waals surface area contributed by atoms with Crippen LogP contribution in [0.3, 0.4) is 0 Å². The third-order valence-corrected chi connectivity index (χ3v) is 8.99. The highest BCUT2D eigenvalue weighted by molar-refractivity contribution is 7.98. The Morgan fingerprint density at radius 3 is 2.18 bits per heavy atom. The van der Waals surface area contributed by atoms with E-state index in [1.54, 1.807) is 11.8 Å². The topological polar surface area (TPSA) is 66.5 Å². The van der Waals surface area contributed by atoms with Gasteiger partial charge in [-0.15, -0.1) is 11.8 Å². The zero-order chi connectivity index (χ0) is 24.0. The summed E-state index contributed by atoms with van der Waals surface area (Å²) in [5, 5.41) is 3.00. The normalized spacial score (nSPS) is 15.2. The highest BCUT2D eigenvalue weighted by Crippen LogP contribution is 2.25. The van der Waals surface area contributed by atoms with Crippen molar-refractivity contribution in [3.63, 3.8) is 0 Å². The number of anilines is 1. The number of hydrogen-bond acceptors (Lipinski definition) is 4. The Hall–Kier alpha value is -2.61. The summed E-state index contributed by atoms with van der Waals surface area (Å²) in [6, 6.07) is 25.8. The van der Waals surface area contributed by atoms with Crippen LogP contribution < -0.4 is 5.32 Å². The van der Waals surface area contributed by atoms with Crippen molar-refractivity contribution >= 4 is 33.4 Å². The molecule has 4 rings (SSSR count). The molecular formula is C27H30N2O3S2. The van der Waals surface area contributed by atoms with Crippen LogP contribution in [-0.2, 0) is 26.3 Å². The molecule has 1 heterocycles. The summed E-state index contributed by atoms with van der Waals surface area (Å²) in [6.45, 7) is 2.73. The van der Waals surface area contributed by atoms with Crippen molar-refractivity contribution < 1.29 is 13.2 Å². The molecule has 3 aromatic rings. The summed E-state index contributed by atoms with van der Waals surface area (Å²) in [6.07, 6.45) is 1.07. The smallest absolute Gasteiger partial charge is 0.227 e. The second-order valence-electron chi connectivity index (χ2n) is 8.70. The fourth-order valence-electron chi connectivity index (χ4n) is 3.99. The number of piperidine rings is 1. The van der Waals surface area contributed by atoms with Crippen LogP contribution in [0.25, 0.3) is 0 Å². The number of hydrogen-bond donors (Lipinski definition) is 1. The van der Waals surface area contributed by atoms with E-state index in [0.29, 0.717) is 25.9 Å². The van der Waals surface area contributed by atoms with Crippen molar-refractivity contribution in [2.45, 2.75) is 36.2 Å². The molecule has 1 aliphatic heterocycles. The third kappa shape index (κ3) is 6.72. The van der Waals surface area contributed by atoms with Crippen molar-refractivity contribution in [2.75, 3.05) is 18.4 Å². The third-order valence-electron chi connectivity index (χ3n) is 6.06. The largest absolute Gasteiger partial charge is 0.326 e. The van der Waals surface area contributed by atoms with E-state index in [0.717, 1.165) is 22.6 Å². The van der Waals surface area contributed by atoms with Gasteiger partial charge in [0.25, 0.3) is 0 Å². The van der Waals surface area contributed by atoms with Gasteiger partial charge in [-0.2, -0.15) is 0 Å². The number of aryl methyl sites for hydroxylation is 1. The average molecular weight is 495 g/mol. The van der Waals surface area contributed by atoms with Gasteiger partial charge in [0.15, 0.2) is 0 Å². The van der Waals surface area contributed by atoms with Gasteiger partial charge in [0.2, 0.25) is 15.9 Å². The van der Waals surface area contributed by atoms with Gasteiger partial charge in [-0.1, -0.05) is 60.2 Å². The number of benzene rings is 3. The SMILES string of the molecule is Cc1ccc(CS(=O)(=O)N2CCC(C(=O)Nc3ccc(CSc4ccccc4)cc3)CC2)cc1. The molecule has 0 aliphatic carbocycles. The van der Waals surface area contributed by atoms with E-state index < -0.39 is 10.0 Å². The molecule has 0 unspecified atom stereocenters. The maximum atomic E-state index is 12.8. The van der Waals surface area contributed by atoms with E-state index >= 15 is 0 Å². The van der Waals surface area contributed by atoms with Gasteiger partial charge in [-0.05, 0) is 55.2 Å². The lowest BCUT2D eigenvalue weighted by Gasteiger charge is -2.30. The predicted octanol–water partition coefficient (Wildman–Crippen LogP) is 5.47. The van der Waals surface area contributed by atoms with Crippen LogP contribution in [0.4, 0.5) is 5.69 Å². The molecule has 1 fully saturated rings. The first-order valence-corrected chi connectivity index (χ1v) is 14.1. The Morgan fingerprint density at radius 2 is 1.53 bits per heavy atom. The molecule has 1 N–H and O–H groups in total. The fourth-order valence-corrected chi connectivity index (χ4v) is 6.43. The molecule has 7 heteroatoms. The molecule has 0 bridgehead atoms. The lowest BCUT2D eigenvalue weighted by Crippen LogP contribution is -2.41. The zero-order valence-electron chi connectivity index (χ0n) is 19.3. The molecule has 3 aromatic carbocycles. The van der Waals surface area contributed by atoms with Crippen LogP contribution in [0, 0.1) is 12.8 Å². The summed E-state index contributed by atoms with van der Waals surface area (Å²) in [4.78, 5) is 14.0. The van der Waals surface area contributed by atoms with E-state index in [9.17, 15) is 13.2 Å². The number of sulfonamides is 1. The fraction of sp³-hybridized carbons (Fsp3) is 0.296. The average Bonchev–Trinajstić information content (AvgIpc) is 2.85. The maximum absolute atomic E-state index is 12.8. The quantitative estimate of drug-likeness (QED) is 0.422. The Balaban J connectivity index is 1.25. The minimum absolute atomic E-state index is 0.000943. The monoisotopic (exact) mass is 494 g/mol. The first-order valence-electron chi connectivity index (χ1n) is 11.5. The number of carbonyl (C=O) groups excluding carboxylic acids is 1. The van der Waals surface area contributed by atoms with Gasteiger partial charge in [-0.25, -0.2) is 12.7 Å². The first-order chi connectivity index (χ1) is 16.4. The van der Waals surface area contributed by atoms with E-state index in [-0.39, 0.29) is 17.6 Å².